The highest BCUT2D eigenvalue weighted by Crippen LogP contribution is 2.38. The van der Waals surface area contributed by atoms with Crippen molar-refractivity contribution >= 4 is 44.0 Å². The second kappa shape index (κ2) is 12.6. The predicted molar refractivity (Wildman–Crippen MR) is 139 cm³/mol. The molecule has 0 N–H and O–H groups in total. The molecule has 1 atom stereocenters. The molecular formula is C26H25Br2NO5. The van der Waals surface area contributed by atoms with Gasteiger partial charge in [0.1, 0.15) is 11.5 Å². The smallest absolute Gasteiger partial charge is 0.349 e. The highest BCUT2D eigenvalue weighted by atomic mass is 79.9. The monoisotopic (exact) mass is 589 g/mol. The molecule has 3 aromatic rings. The number of esters is 1. The summed E-state index contributed by atoms with van der Waals surface area (Å²) < 4.78 is 18.1. The summed E-state index contributed by atoms with van der Waals surface area (Å²) in [4.78, 5) is 16.8. The fraction of sp³-hybridized carbons (Fsp3) is 0.231. The first-order valence-corrected chi connectivity index (χ1v) is 12.2. The third-order valence-corrected chi connectivity index (χ3v) is 5.95. The first kappa shape index (κ1) is 25.8. The summed E-state index contributed by atoms with van der Waals surface area (Å²) in [6, 6.07) is 19.6. The summed E-state index contributed by atoms with van der Waals surface area (Å²) in [6.45, 7) is 3.61. The van der Waals surface area contributed by atoms with Gasteiger partial charge in [-0.2, -0.15) is 0 Å². The standard InChI is InChI=1S/C26H25Br2NO5/c1-4-32-26(30)17(2)34-29-16-19-13-22(27)25(23(28)14-19)33-21-10-11-24(31-3)20(15-21)12-18-8-6-5-7-9-18/h5-11,13-17H,4,12H2,1-3H3/b29-16+. The van der Waals surface area contributed by atoms with Gasteiger partial charge in [-0.3, -0.25) is 0 Å². The van der Waals surface area contributed by atoms with E-state index in [4.69, 9.17) is 19.0 Å². The number of hydrogen-bond donors (Lipinski definition) is 0. The molecule has 34 heavy (non-hydrogen) atoms. The highest BCUT2D eigenvalue weighted by Gasteiger charge is 2.15. The second-order valence-corrected chi connectivity index (χ2v) is 8.99. The summed E-state index contributed by atoms with van der Waals surface area (Å²) in [5.41, 5.74) is 2.96. The molecule has 3 aromatic carbocycles. The number of ether oxygens (including phenoxy) is 3. The number of hydrogen-bond acceptors (Lipinski definition) is 6. The predicted octanol–water partition coefficient (Wildman–Crippen LogP) is 6.91. The fourth-order valence-corrected chi connectivity index (χ4v) is 4.51. The van der Waals surface area contributed by atoms with Crippen molar-refractivity contribution in [2.45, 2.75) is 26.4 Å². The van der Waals surface area contributed by atoms with Gasteiger partial charge in [-0.05, 0) is 87.2 Å². The van der Waals surface area contributed by atoms with E-state index in [1.165, 1.54) is 11.8 Å². The molecule has 0 aromatic heterocycles. The van der Waals surface area contributed by atoms with Crippen molar-refractivity contribution in [2.75, 3.05) is 13.7 Å². The second-order valence-electron chi connectivity index (χ2n) is 7.29. The zero-order valence-corrected chi connectivity index (χ0v) is 22.3. The van der Waals surface area contributed by atoms with Gasteiger partial charge >= 0.3 is 5.97 Å². The van der Waals surface area contributed by atoms with Crippen LogP contribution in [-0.2, 0) is 20.8 Å². The highest BCUT2D eigenvalue weighted by molar-refractivity contribution is 9.11. The van der Waals surface area contributed by atoms with Gasteiger partial charge in [0.05, 0.1) is 28.9 Å². The van der Waals surface area contributed by atoms with Gasteiger partial charge in [0, 0.05) is 12.0 Å². The number of nitrogens with zero attached hydrogens (tertiary/aromatic N) is 1. The van der Waals surface area contributed by atoms with Gasteiger partial charge in [0.15, 0.2) is 5.75 Å². The van der Waals surface area contributed by atoms with Crippen molar-refractivity contribution in [3.8, 4) is 17.2 Å². The van der Waals surface area contributed by atoms with Crippen LogP contribution in [0.4, 0.5) is 0 Å². The third-order valence-electron chi connectivity index (χ3n) is 4.77. The summed E-state index contributed by atoms with van der Waals surface area (Å²) in [7, 11) is 1.66. The molecule has 8 heteroatoms. The Balaban J connectivity index is 1.75. The third kappa shape index (κ3) is 7.08. The Hall–Kier alpha value is -2.84. The van der Waals surface area contributed by atoms with E-state index >= 15 is 0 Å². The minimum absolute atomic E-state index is 0.291. The van der Waals surface area contributed by atoms with Gasteiger partial charge in [0.25, 0.3) is 0 Å². The van der Waals surface area contributed by atoms with Crippen LogP contribution in [0.15, 0.2) is 74.8 Å². The van der Waals surface area contributed by atoms with Crippen LogP contribution in [0.25, 0.3) is 0 Å². The van der Waals surface area contributed by atoms with Crippen molar-refractivity contribution in [1.82, 2.24) is 0 Å². The summed E-state index contributed by atoms with van der Waals surface area (Å²) >= 11 is 7.13. The average Bonchev–Trinajstić information content (AvgIpc) is 2.82. The molecule has 0 amide bonds. The maximum Gasteiger partial charge on any atom is 0.349 e. The fourth-order valence-electron chi connectivity index (χ4n) is 3.13. The SMILES string of the molecule is CCOC(=O)C(C)O/N=C/c1cc(Br)c(Oc2ccc(OC)c(Cc3ccccc3)c2)c(Br)c1. The number of oxime groups is 1. The molecule has 0 saturated heterocycles. The van der Waals surface area contributed by atoms with E-state index in [0.29, 0.717) is 18.1 Å². The lowest BCUT2D eigenvalue weighted by molar-refractivity contribution is -0.155. The minimum atomic E-state index is -0.786. The molecule has 0 heterocycles. The Bertz CT molecular complexity index is 1130. The molecule has 0 aliphatic carbocycles. The molecule has 0 aliphatic rings. The van der Waals surface area contributed by atoms with Crippen molar-refractivity contribution in [3.05, 3.63) is 86.3 Å². The molecule has 178 valence electrons. The Kier molecular flexibility index (Phi) is 9.53. The number of benzene rings is 3. The normalized spacial score (nSPS) is 11.8. The van der Waals surface area contributed by atoms with E-state index in [-0.39, 0.29) is 0 Å². The van der Waals surface area contributed by atoms with Crippen LogP contribution in [-0.4, -0.2) is 32.0 Å². The topological polar surface area (TPSA) is 66.4 Å². The maximum absolute atomic E-state index is 11.6. The van der Waals surface area contributed by atoms with Crippen LogP contribution < -0.4 is 9.47 Å². The van der Waals surface area contributed by atoms with Crippen molar-refractivity contribution in [2.24, 2.45) is 5.16 Å². The van der Waals surface area contributed by atoms with Gasteiger partial charge < -0.3 is 19.0 Å². The van der Waals surface area contributed by atoms with Crippen molar-refractivity contribution in [3.63, 3.8) is 0 Å². The lowest BCUT2D eigenvalue weighted by Crippen LogP contribution is -2.21. The van der Waals surface area contributed by atoms with Crippen molar-refractivity contribution in [1.29, 1.82) is 0 Å². The molecule has 1 unspecified atom stereocenters. The van der Waals surface area contributed by atoms with E-state index in [1.807, 2.05) is 48.5 Å². The maximum atomic E-state index is 11.6. The molecule has 0 saturated carbocycles. The van der Waals surface area contributed by atoms with Crippen molar-refractivity contribution < 1.29 is 23.8 Å². The zero-order chi connectivity index (χ0) is 24.5. The van der Waals surface area contributed by atoms with Gasteiger partial charge in [0.2, 0.25) is 6.10 Å². The molecule has 3 rings (SSSR count). The van der Waals surface area contributed by atoms with Crippen LogP contribution in [0.5, 0.6) is 17.2 Å². The Morgan fingerprint density at radius 2 is 1.76 bits per heavy atom. The van der Waals surface area contributed by atoms with E-state index in [9.17, 15) is 4.79 Å². The van der Waals surface area contributed by atoms with E-state index in [2.05, 4.69) is 49.1 Å². The van der Waals surface area contributed by atoms with Crippen LogP contribution in [0.1, 0.15) is 30.5 Å². The first-order valence-electron chi connectivity index (χ1n) is 10.6. The number of methoxy groups -OCH3 is 1. The molecule has 6 nitrogen and oxygen atoms in total. The molecular weight excluding hydrogens is 566 g/mol. The van der Waals surface area contributed by atoms with E-state index < -0.39 is 12.1 Å². The Morgan fingerprint density at radius 1 is 1.06 bits per heavy atom. The molecule has 0 radical (unpaired) electrons. The van der Waals surface area contributed by atoms with Gasteiger partial charge in [-0.1, -0.05) is 35.5 Å². The first-order chi connectivity index (χ1) is 16.4. The molecule has 0 spiro atoms. The largest absolute Gasteiger partial charge is 0.496 e. The Labute approximate surface area is 216 Å². The minimum Gasteiger partial charge on any atom is -0.496 e. The summed E-state index contributed by atoms with van der Waals surface area (Å²) in [5.74, 6) is 1.64. The summed E-state index contributed by atoms with van der Waals surface area (Å²) in [5, 5.41) is 3.89. The van der Waals surface area contributed by atoms with Crippen LogP contribution in [0.3, 0.4) is 0 Å². The number of halogens is 2. The van der Waals surface area contributed by atoms with E-state index in [1.54, 1.807) is 21.0 Å². The number of carbonyl (C=O) groups is 1. The molecule has 0 fully saturated rings. The summed E-state index contributed by atoms with van der Waals surface area (Å²) in [6.07, 6.45) is 1.45. The average molecular weight is 591 g/mol. The number of carbonyl (C=O) groups excluding carboxylic acids is 1. The van der Waals surface area contributed by atoms with Crippen LogP contribution in [0, 0.1) is 0 Å². The Morgan fingerprint density at radius 3 is 2.41 bits per heavy atom. The lowest BCUT2D eigenvalue weighted by atomic mass is 10.0. The quantitative estimate of drug-likeness (QED) is 0.146. The zero-order valence-electron chi connectivity index (χ0n) is 19.1. The lowest BCUT2D eigenvalue weighted by Gasteiger charge is -2.14. The van der Waals surface area contributed by atoms with Crippen LogP contribution >= 0.6 is 31.9 Å². The number of rotatable bonds is 10. The molecule has 0 aliphatic heterocycles. The van der Waals surface area contributed by atoms with Gasteiger partial charge in [-0.25, -0.2) is 4.79 Å². The molecule has 0 bridgehead atoms. The van der Waals surface area contributed by atoms with E-state index in [0.717, 1.165) is 32.2 Å². The van der Waals surface area contributed by atoms with Crippen LogP contribution in [0.2, 0.25) is 0 Å². The van der Waals surface area contributed by atoms with Gasteiger partial charge in [-0.15, -0.1) is 0 Å².